The van der Waals surface area contributed by atoms with E-state index in [0.717, 1.165) is 11.8 Å². The van der Waals surface area contributed by atoms with E-state index < -0.39 is 0 Å². The lowest BCUT2D eigenvalue weighted by Crippen LogP contribution is -2.48. The molecule has 0 spiro atoms. The van der Waals surface area contributed by atoms with Crippen molar-refractivity contribution in [2.75, 3.05) is 6.54 Å². The third kappa shape index (κ3) is 2.33. The normalized spacial score (nSPS) is 28.2. The fraction of sp³-hybridized carbons (Fsp3) is 0.571. The van der Waals surface area contributed by atoms with Crippen molar-refractivity contribution in [2.45, 2.75) is 32.1 Å². The molecule has 1 aromatic carbocycles. The Balaban J connectivity index is 2.23. The Morgan fingerprint density at radius 1 is 1.29 bits per heavy atom. The molecule has 3 heteroatoms. The lowest BCUT2D eigenvalue weighted by Gasteiger charge is -2.49. The van der Waals surface area contributed by atoms with Crippen molar-refractivity contribution >= 4 is 23.2 Å². The topological polar surface area (TPSA) is 26.0 Å². The summed E-state index contributed by atoms with van der Waals surface area (Å²) in [6.45, 7) is 5.24. The molecule has 1 fully saturated rings. The number of hydrogen-bond acceptors (Lipinski definition) is 1. The number of benzene rings is 1. The first kappa shape index (κ1) is 13.2. The van der Waals surface area contributed by atoms with Crippen LogP contribution in [0.1, 0.15) is 32.3 Å². The molecule has 1 aliphatic carbocycles. The summed E-state index contributed by atoms with van der Waals surface area (Å²) in [5, 5.41) is 1.24. The average molecular weight is 272 g/mol. The van der Waals surface area contributed by atoms with Crippen LogP contribution in [0.3, 0.4) is 0 Å². The van der Waals surface area contributed by atoms with Crippen molar-refractivity contribution in [3.05, 3.63) is 33.8 Å². The van der Waals surface area contributed by atoms with Crippen molar-refractivity contribution in [2.24, 2.45) is 17.6 Å². The van der Waals surface area contributed by atoms with Gasteiger partial charge in [0, 0.05) is 12.0 Å². The molecule has 0 saturated heterocycles. The zero-order valence-electron chi connectivity index (χ0n) is 10.3. The van der Waals surface area contributed by atoms with Crippen LogP contribution in [0.2, 0.25) is 10.0 Å². The van der Waals surface area contributed by atoms with Crippen LogP contribution in [-0.4, -0.2) is 6.54 Å². The molecule has 0 heterocycles. The molecule has 0 aromatic heterocycles. The van der Waals surface area contributed by atoms with Gasteiger partial charge >= 0.3 is 0 Å². The summed E-state index contributed by atoms with van der Waals surface area (Å²) in [4.78, 5) is 0. The van der Waals surface area contributed by atoms with Crippen molar-refractivity contribution in [1.29, 1.82) is 0 Å². The minimum absolute atomic E-state index is 0.128. The molecule has 2 rings (SSSR count). The standard InChI is InChI=1S/C14H19Cl2N/c1-9(2)10-6-14(7-10,8-17)11-3-4-12(15)13(16)5-11/h3-5,9-10H,6-8,17H2,1-2H3. The first-order valence-electron chi connectivity index (χ1n) is 6.14. The largest absolute Gasteiger partial charge is 0.330 e. The molecule has 94 valence electrons. The Kier molecular flexibility index (Phi) is 3.72. The second-order valence-electron chi connectivity index (χ2n) is 5.53. The second kappa shape index (κ2) is 4.79. The fourth-order valence-corrected chi connectivity index (χ4v) is 3.06. The van der Waals surface area contributed by atoms with E-state index in [1.807, 2.05) is 12.1 Å². The summed E-state index contributed by atoms with van der Waals surface area (Å²) < 4.78 is 0. The Labute approximate surface area is 113 Å². The molecule has 1 saturated carbocycles. The van der Waals surface area contributed by atoms with Gasteiger partial charge in [-0.15, -0.1) is 0 Å². The molecular weight excluding hydrogens is 253 g/mol. The van der Waals surface area contributed by atoms with E-state index in [1.54, 1.807) is 0 Å². The first-order chi connectivity index (χ1) is 7.98. The predicted octanol–water partition coefficient (Wildman–Crippen LogP) is 4.26. The van der Waals surface area contributed by atoms with Crippen LogP contribution in [0.5, 0.6) is 0 Å². The van der Waals surface area contributed by atoms with Gasteiger partial charge in [-0.05, 0) is 42.4 Å². The highest BCUT2D eigenvalue weighted by Gasteiger charge is 2.45. The van der Waals surface area contributed by atoms with E-state index in [2.05, 4.69) is 19.9 Å². The first-order valence-corrected chi connectivity index (χ1v) is 6.90. The van der Waals surface area contributed by atoms with Crippen molar-refractivity contribution in [1.82, 2.24) is 0 Å². The van der Waals surface area contributed by atoms with Crippen molar-refractivity contribution in [3.63, 3.8) is 0 Å². The third-order valence-corrected chi connectivity index (χ3v) is 4.91. The van der Waals surface area contributed by atoms with E-state index >= 15 is 0 Å². The Bertz CT molecular complexity index is 409. The van der Waals surface area contributed by atoms with Gasteiger partial charge in [0.1, 0.15) is 0 Å². The van der Waals surface area contributed by atoms with Crippen LogP contribution in [0, 0.1) is 11.8 Å². The van der Waals surface area contributed by atoms with Crippen LogP contribution in [0.4, 0.5) is 0 Å². The minimum atomic E-state index is 0.128. The molecule has 0 amide bonds. The molecule has 0 atom stereocenters. The van der Waals surface area contributed by atoms with Gasteiger partial charge in [-0.1, -0.05) is 43.1 Å². The Morgan fingerprint density at radius 3 is 2.41 bits per heavy atom. The molecule has 0 aliphatic heterocycles. The molecule has 1 aromatic rings. The molecule has 1 aliphatic rings. The van der Waals surface area contributed by atoms with Gasteiger partial charge in [-0.25, -0.2) is 0 Å². The van der Waals surface area contributed by atoms with E-state index in [1.165, 1.54) is 18.4 Å². The minimum Gasteiger partial charge on any atom is -0.330 e. The smallest absolute Gasteiger partial charge is 0.0595 e. The summed E-state index contributed by atoms with van der Waals surface area (Å²) >= 11 is 12.0. The Morgan fingerprint density at radius 2 is 1.94 bits per heavy atom. The number of nitrogens with two attached hydrogens (primary N) is 1. The SMILES string of the molecule is CC(C)C1CC(CN)(c2ccc(Cl)c(Cl)c2)C1. The lowest BCUT2D eigenvalue weighted by atomic mass is 9.56. The average Bonchev–Trinajstić information content (AvgIpc) is 2.22. The van der Waals surface area contributed by atoms with Crippen LogP contribution in [-0.2, 0) is 5.41 Å². The van der Waals surface area contributed by atoms with Crippen LogP contribution in [0.15, 0.2) is 18.2 Å². The van der Waals surface area contributed by atoms with Crippen LogP contribution in [0.25, 0.3) is 0 Å². The molecule has 0 radical (unpaired) electrons. The monoisotopic (exact) mass is 271 g/mol. The third-order valence-electron chi connectivity index (χ3n) is 4.17. The number of rotatable bonds is 3. The van der Waals surface area contributed by atoms with Gasteiger partial charge in [-0.3, -0.25) is 0 Å². The van der Waals surface area contributed by atoms with Gasteiger partial charge < -0.3 is 5.73 Å². The summed E-state index contributed by atoms with van der Waals surface area (Å²) in [5.74, 6) is 1.52. The quantitative estimate of drug-likeness (QED) is 0.874. The van der Waals surface area contributed by atoms with Gasteiger partial charge in [0.15, 0.2) is 0 Å². The molecule has 17 heavy (non-hydrogen) atoms. The zero-order valence-corrected chi connectivity index (χ0v) is 11.9. The summed E-state index contributed by atoms with van der Waals surface area (Å²) in [7, 11) is 0. The molecule has 0 unspecified atom stereocenters. The van der Waals surface area contributed by atoms with Gasteiger partial charge in [0.05, 0.1) is 10.0 Å². The van der Waals surface area contributed by atoms with Crippen molar-refractivity contribution < 1.29 is 0 Å². The van der Waals surface area contributed by atoms with Crippen LogP contribution >= 0.6 is 23.2 Å². The van der Waals surface area contributed by atoms with E-state index in [4.69, 9.17) is 28.9 Å². The predicted molar refractivity (Wildman–Crippen MR) is 74.8 cm³/mol. The van der Waals surface area contributed by atoms with Gasteiger partial charge in [-0.2, -0.15) is 0 Å². The molecule has 0 bridgehead atoms. The van der Waals surface area contributed by atoms with Gasteiger partial charge in [0.2, 0.25) is 0 Å². The Hall–Kier alpha value is -0.240. The van der Waals surface area contributed by atoms with Crippen molar-refractivity contribution in [3.8, 4) is 0 Å². The van der Waals surface area contributed by atoms with E-state index in [9.17, 15) is 0 Å². The maximum absolute atomic E-state index is 6.08. The van der Waals surface area contributed by atoms with Gasteiger partial charge in [0.25, 0.3) is 0 Å². The zero-order chi connectivity index (χ0) is 12.6. The highest BCUT2D eigenvalue weighted by Crippen LogP contribution is 2.50. The number of hydrogen-bond donors (Lipinski definition) is 1. The van der Waals surface area contributed by atoms with E-state index in [-0.39, 0.29) is 5.41 Å². The fourth-order valence-electron chi connectivity index (χ4n) is 2.76. The maximum atomic E-state index is 6.08. The highest BCUT2D eigenvalue weighted by molar-refractivity contribution is 6.42. The lowest BCUT2D eigenvalue weighted by molar-refractivity contribution is 0.106. The van der Waals surface area contributed by atoms with Crippen LogP contribution < -0.4 is 5.73 Å². The summed E-state index contributed by atoms with van der Waals surface area (Å²) in [5.41, 5.74) is 7.35. The molecule has 2 N–H and O–H groups in total. The maximum Gasteiger partial charge on any atom is 0.0595 e. The summed E-state index contributed by atoms with van der Waals surface area (Å²) in [6, 6.07) is 5.92. The summed E-state index contributed by atoms with van der Waals surface area (Å²) in [6.07, 6.45) is 2.33. The second-order valence-corrected chi connectivity index (χ2v) is 6.34. The number of halogens is 2. The molecular formula is C14H19Cl2N. The highest BCUT2D eigenvalue weighted by atomic mass is 35.5. The van der Waals surface area contributed by atoms with E-state index in [0.29, 0.717) is 16.6 Å². The molecule has 1 nitrogen and oxygen atoms in total.